The van der Waals surface area contributed by atoms with E-state index in [1.54, 1.807) is 13.3 Å². The minimum Gasteiger partial charge on any atom is -0.497 e. The molecule has 0 saturated carbocycles. The summed E-state index contributed by atoms with van der Waals surface area (Å²) >= 11 is 0. The lowest BCUT2D eigenvalue weighted by Gasteiger charge is -2.36. The van der Waals surface area contributed by atoms with Crippen molar-refractivity contribution in [3.05, 3.63) is 47.8 Å². The first-order valence-electron chi connectivity index (χ1n) is 8.30. The molecule has 0 aliphatic carbocycles. The van der Waals surface area contributed by atoms with Crippen molar-refractivity contribution in [2.24, 2.45) is 7.05 Å². The lowest BCUT2D eigenvalue weighted by Crippen LogP contribution is -2.48. The topological polar surface area (TPSA) is 59.4 Å². The van der Waals surface area contributed by atoms with Crippen molar-refractivity contribution in [1.82, 2.24) is 20.0 Å². The van der Waals surface area contributed by atoms with Crippen LogP contribution in [0.4, 0.5) is 0 Å². The number of hydrogen-bond donors (Lipinski definition) is 1. The molecule has 0 spiro atoms. The van der Waals surface area contributed by atoms with Crippen LogP contribution in [-0.4, -0.2) is 47.3 Å². The third-order valence-electron chi connectivity index (χ3n) is 4.58. The number of hydrogen-bond acceptors (Lipinski definition) is 4. The molecule has 1 N–H and O–H groups in total. The van der Waals surface area contributed by atoms with Crippen molar-refractivity contribution in [2.75, 3.05) is 26.7 Å². The van der Waals surface area contributed by atoms with E-state index >= 15 is 0 Å². The van der Waals surface area contributed by atoms with Gasteiger partial charge in [0, 0.05) is 45.0 Å². The molecule has 2 heterocycles. The third-order valence-corrected chi connectivity index (χ3v) is 4.58. The Balaban J connectivity index is 1.68. The fraction of sp³-hybridized carbons (Fsp3) is 0.444. The first kappa shape index (κ1) is 16.5. The van der Waals surface area contributed by atoms with E-state index in [1.807, 2.05) is 47.0 Å². The predicted octanol–water partition coefficient (Wildman–Crippen LogP) is 1.53. The Morgan fingerprint density at radius 3 is 2.79 bits per heavy atom. The zero-order chi connectivity index (χ0) is 16.9. The molecular weight excluding hydrogens is 304 g/mol. The first-order valence-corrected chi connectivity index (χ1v) is 8.30. The number of methoxy groups -OCH3 is 1. The molecule has 24 heavy (non-hydrogen) atoms. The highest BCUT2D eigenvalue weighted by Gasteiger charge is 2.27. The van der Waals surface area contributed by atoms with Crippen molar-refractivity contribution < 1.29 is 9.53 Å². The van der Waals surface area contributed by atoms with E-state index < -0.39 is 0 Å². The number of benzene rings is 1. The Morgan fingerprint density at radius 2 is 2.12 bits per heavy atom. The molecule has 1 amide bonds. The van der Waals surface area contributed by atoms with Crippen molar-refractivity contribution in [3.63, 3.8) is 0 Å². The van der Waals surface area contributed by atoms with Crippen LogP contribution in [0, 0.1) is 0 Å². The minimum atomic E-state index is 0.0729. The number of rotatable bonds is 5. The maximum atomic E-state index is 12.8. The maximum Gasteiger partial charge on any atom is 0.223 e. The van der Waals surface area contributed by atoms with E-state index in [9.17, 15) is 4.79 Å². The Kier molecular flexibility index (Phi) is 5.15. The summed E-state index contributed by atoms with van der Waals surface area (Å²) in [6, 6.07) is 10.0. The predicted molar refractivity (Wildman–Crippen MR) is 91.8 cm³/mol. The molecule has 6 nitrogen and oxygen atoms in total. The van der Waals surface area contributed by atoms with Crippen molar-refractivity contribution >= 4 is 5.91 Å². The smallest absolute Gasteiger partial charge is 0.223 e. The second kappa shape index (κ2) is 7.49. The van der Waals surface area contributed by atoms with Crippen LogP contribution in [0.3, 0.4) is 0 Å². The van der Waals surface area contributed by atoms with Gasteiger partial charge in [0.25, 0.3) is 0 Å². The number of amides is 1. The first-order chi connectivity index (χ1) is 11.7. The fourth-order valence-corrected chi connectivity index (χ4v) is 3.15. The van der Waals surface area contributed by atoms with Crippen LogP contribution in [0.2, 0.25) is 0 Å². The minimum absolute atomic E-state index is 0.0729. The largest absolute Gasteiger partial charge is 0.497 e. The van der Waals surface area contributed by atoms with E-state index in [0.29, 0.717) is 12.8 Å². The number of ether oxygens (including phenoxy) is 1. The quantitative estimate of drug-likeness (QED) is 0.904. The second-order valence-electron chi connectivity index (χ2n) is 6.03. The van der Waals surface area contributed by atoms with E-state index in [-0.39, 0.29) is 11.9 Å². The van der Waals surface area contributed by atoms with Crippen LogP contribution in [0.1, 0.15) is 23.7 Å². The van der Waals surface area contributed by atoms with Gasteiger partial charge in [0.2, 0.25) is 5.91 Å². The molecule has 0 bridgehead atoms. The molecule has 1 fully saturated rings. The molecule has 1 saturated heterocycles. The Labute approximate surface area is 142 Å². The third kappa shape index (κ3) is 3.59. The van der Waals surface area contributed by atoms with Crippen molar-refractivity contribution in [1.29, 1.82) is 0 Å². The number of aromatic nitrogens is 2. The number of aryl methyl sites for hydroxylation is 2. The summed E-state index contributed by atoms with van der Waals surface area (Å²) in [6.07, 6.45) is 2.99. The van der Waals surface area contributed by atoms with E-state index in [0.717, 1.165) is 36.6 Å². The highest BCUT2D eigenvalue weighted by molar-refractivity contribution is 5.77. The Morgan fingerprint density at radius 1 is 1.33 bits per heavy atom. The number of nitrogens with one attached hydrogen (secondary N) is 1. The summed E-state index contributed by atoms with van der Waals surface area (Å²) in [4.78, 5) is 14.7. The summed E-state index contributed by atoms with van der Waals surface area (Å²) in [7, 11) is 3.57. The van der Waals surface area contributed by atoms with Crippen molar-refractivity contribution in [3.8, 4) is 5.75 Å². The Hall–Kier alpha value is -2.34. The van der Waals surface area contributed by atoms with Gasteiger partial charge in [-0.3, -0.25) is 9.48 Å². The maximum absolute atomic E-state index is 12.8. The van der Waals surface area contributed by atoms with Gasteiger partial charge in [-0.15, -0.1) is 0 Å². The van der Waals surface area contributed by atoms with Gasteiger partial charge >= 0.3 is 0 Å². The zero-order valence-corrected chi connectivity index (χ0v) is 14.2. The number of nitrogens with zero attached hydrogens (tertiary/aromatic N) is 3. The van der Waals surface area contributed by atoms with E-state index in [4.69, 9.17) is 4.74 Å². The van der Waals surface area contributed by atoms with Gasteiger partial charge in [0.1, 0.15) is 5.75 Å². The van der Waals surface area contributed by atoms with Crippen LogP contribution in [-0.2, 0) is 18.3 Å². The summed E-state index contributed by atoms with van der Waals surface area (Å²) in [6.45, 7) is 2.36. The summed E-state index contributed by atoms with van der Waals surface area (Å²) in [5.41, 5.74) is 2.22. The molecule has 1 aliphatic rings. The second-order valence-corrected chi connectivity index (χ2v) is 6.03. The van der Waals surface area contributed by atoms with Gasteiger partial charge in [-0.1, -0.05) is 12.1 Å². The van der Waals surface area contributed by atoms with Gasteiger partial charge in [0.05, 0.1) is 13.2 Å². The summed E-state index contributed by atoms with van der Waals surface area (Å²) < 4.78 is 7.04. The molecular formula is C18H24N4O2. The SMILES string of the molecule is COc1ccc([C@@H]2CNCCN2C(=O)CCc2ccnn2C)cc1. The lowest BCUT2D eigenvalue weighted by molar-refractivity contribution is -0.134. The average Bonchev–Trinajstić information content (AvgIpc) is 3.05. The van der Waals surface area contributed by atoms with Crippen LogP contribution in [0.5, 0.6) is 5.75 Å². The van der Waals surface area contributed by atoms with Gasteiger partial charge in [0.15, 0.2) is 0 Å². The van der Waals surface area contributed by atoms with E-state index in [1.165, 1.54) is 0 Å². The molecule has 1 atom stereocenters. The van der Waals surface area contributed by atoms with Crippen molar-refractivity contribution in [2.45, 2.75) is 18.9 Å². The molecule has 6 heteroatoms. The molecule has 0 radical (unpaired) electrons. The molecule has 0 unspecified atom stereocenters. The van der Waals surface area contributed by atoms with Gasteiger partial charge in [-0.05, 0) is 30.2 Å². The molecule has 1 aliphatic heterocycles. The van der Waals surface area contributed by atoms with E-state index in [2.05, 4.69) is 10.4 Å². The van der Waals surface area contributed by atoms with Crippen LogP contribution in [0.25, 0.3) is 0 Å². The monoisotopic (exact) mass is 328 g/mol. The normalized spacial score (nSPS) is 17.8. The van der Waals surface area contributed by atoms with Crippen LogP contribution in [0.15, 0.2) is 36.5 Å². The molecule has 1 aromatic heterocycles. The number of carbonyl (C=O) groups is 1. The standard InChI is InChI=1S/C18H24N4O2/c1-21-15(9-10-20-21)5-8-18(23)22-12-11-19-13-17(22)14-3-6-16(24-2)7-4-14/h3-4,6-7,9-10,17,19H,5,8,11-13H2,1-2H3/t17-/m0/s1. The average molecular weight is 328 g/mol. The summed E-state index contributed by atoms with van der Waals surface area (Å²) in [5, 5.41) is 7.54. The molecule has 1 aromatic carbocycles. The Bertz CT molecular complexity index is 681. The molecule has 128 valence electrons. The highest BCUT2D eigenvalue weighted by atomic mass is 16.5. The number of piperazine rings is 1. The van der Waals surface area contributed by atoms with Gasteiger partial charge in [-0.2, -0.15) is 5.10 Å². The highest BCUT2D eigenvalue weighted by Crippen LogP contribution is 2.25. The lowest BCUT2D eigenvalue weighted by atomic mass is 10.0. The molecule has 3 rings (SSSR count). The van der Waals surface area contributed by atoms with Gasteiger partial charge < -0.3 is 15.0 Å². The summed E-state index contributed by atoms with van der Waals surface area (Å²) in [5.74, 6) is 1.02. The number of carbonyl (C=O) groups excluding carboxylic acids is 1. The molecule has 2 aromatic rings. The van der Waals surface area contributed by atoms with Crippen LogP contribution >= 0.6 is 0 Å². The van der Waals surface area contributed by atoms with Gasteiger partial charge in [-0.25, -0.2) is 0 Å². The van der Waals surface area contributed by atoms with Crippen LogP contribution < -0.4 is 10.1 Å². The zero-order valence-electron chi connectivity index (χ0n) is 14.2. The fourth-order valence-electron chi connectivity index (χ4n) is 3.15.